The zero-order chi connectivity index (χ0) is 7.72. The summed E-state index contributed by atoms with van der Waals surface area (Å²) >= 11 is 0. The first-order chi connectivity index (χ1) is 4.61. The Morgan fingerprint density at radius 1 is 1.60 bits per heavy atom. The number of rotatable bonds is 1. The maximum atomic E-state index is 9.11. The first-order valence-electron chi connectivity index (χ1n) is 3.36. The quantitative estimate of drug-likeness (QED) is 0.641. The van der Waals surface area contributed by atoms with Crippen LogP contribution in [0.5, 0.6) is 5.75 Å². The van der Waals surface area contributed by atoms with E-state index in [2.05, 4.69) is 5.10 Å². The Hall–Kier alpha value is -0.990. The molecule has 0 spiro atoms. The summed E-state index contributed by atoms with van der Waals surface area (Å²) in [6, 6.07) is 0.319. The standard InChI is InChI=1S/C7H12N2O/c1-5(2)9-4-7(10)6(3)8-9/h4-5,10H,1-3H3. The molecule has 0 aliphatic carbocycles. The summed E-state index contributed by atoms with van der Waals surface area (Å²) in [6.07, 6.45) is 1.64. The maximum absolute atomic E-state index is 9.11. The van der Waals surface area contributed by atoms with Crippen LogP contribution in [0.4, 0.5) is 0 Å². The molecular formula is C7H12N2O. The van der Waals surface area contributed by atoms with Crippen LogP contribution in [0.2, 0.25) is 0 Å². The number of aromatic hydroxyl groups is 1. The molecule has 0 radical (unpaired) electrons. The smallest absolute Gasteiger partial charge is 0.156 e. The summed E-state index contributed by atoms with van der Waals surface area (Å²) in [6.45, 7) is 5.83. The fraction of sp³-hybridized carbons (Fsp3) is 0.571. The molecule has 1 aromatic heterocycles. The van der Waals surface area contributed by atoms with Gasteiger partial charge in [0.2, 0.25) is 0 Å². The van der Waals surface area contributed by atoms with Gasteiger partial charge in [0, 0.05) is 6.04 Å². The summed E-state index contributed by atoms with van der Waals surface area (Å²) in [5.74, 6) is 0.272. The predicted octanol–water partition coefficient (Wildman–Crippen LogP) is 1.48. The number of nitrogens with zero attached hydrogens (tertiary/aromatic N) is 2. The van der Waals surface area contributed by atoms with Gasteiger partial charge in [-0.15, -0.1) is 0 Å². The van der Waals surface area contributed by atoms with Crippen molar-refractivity contribution in [2.24, 2.45) is 0 Å². The Morgan fingerprint density at radius 2 is 2.20 bits per heavy atom. The number of hydrogen-bond acceptors (Lipinski definition) is 2. The van der Waals surface area contributed by atoms with E-state index < -0.39 is 0 Å². The minimum absolute atomic E-state index is 0.272. The molecule has 0 aliphatic heterocycles. The molecular weight excluding hydrogens is 128 g/mol. The summed E-state index contributed by atoms with van der Waals surface area (Å²) in [7, 11) is 0. The van der Waals surface area contributed by atoms with Crippen molar-refractivity contribution in [1.82, 2.24) is 9.78 Å². The second-order valence-electron chi connectivity index (χ2n) is 2.67. The van der Waals surface area contributed by atoms with Gasteiger partial charge in [-0.25, -0.2) is 0 Å². The lowest BCUT2D eigenvalue weighted by Gasteiger charge is -2.02. The van der Waals surface area contributed by atoms with Gasteiger partial charge in [-0.1, -0.05) is 0 Å². The molecule has 0 bridgehead atoms. The van der Waals surface area contributed by atoms with Crippen LogP contribution in [-0.2, 0) is 0 Å². The highest BCUT2D eigenvalue weighted by Crippen LogP contribution is 2.15. The van der Waals surface area contributed by atoms with E-state index in [9.17, 15) is 0 Å². The predicted molar refractivity (Wildman–Crippen MR) is 39.0 cm³/mol. The highest BCUT2D eigenvalue weighted by molar-refractivity contribution is 5.20. The molecule has 1 aromatic rings. The topological polar surface area (TPSA) is 38.0 Å². The van der Waals surface area contributed by atoms with Crippen molar-refractivity contribution in [1.29, 1.82) is 0 Å². The Labute approximate surface area is 60.3 Å². The largest absolute Gasteiger partial charge is 0.504 e. The molecule has 1 N–H and O–H groups in total. The molecule has 3 heteroatoms. The number of hydrogen-bond donors (Lipinski definition) is 1. The van der Waals surface area contributed by atoms with E-state index in [1.807, 2.05) is 13.8 Å². The van der Waals surface area contributed by atoms with Crippen molar-refractivity contribution < 1.29 is 5.11 Å². The minimum atomic E-state index is 0.272. The molecule has 1 rings (SSSR count). The summed E-state index contributed by atoms with van der Waals surface area (Å²) in [5.41, 5.74) is 0.689. The van der Waals surface area contributed by atoms with Gasteiger partial charge in [0.1, 0.15) is 5.69 Å². The Morgan fingerprint density at radius 3 is 2.40 bits per heavy atom. The van der Waals surface area contributed by atoms with E-state index in [0.29, 0.717) is 11.7 Å². The summed E-state index contributed by atoms with van der Waals surface area (Å²) in [5, 5.41) is 13.2. The van der Waals surface area contributed by atoms with E-state index in [0.717, 1.165) is 0 Å². The zero-order valence-electron chi connectivity index (χ0n) is 6.50. The molecule has 0 amide bonds. The maximum Gasteiger partial charge on any atom is 0.156 e. The van der Waals surface area contributed by atoms with Gasteiger partial charge in [-0.3, -0.25) is 4.68 Å². The second-order valence-corrected chi connectivity index (χ2v) is 2.67. The van der Waals surface area contributed by atoms with Crippen molar-refractivity contribution in [2.45, 2.75) is 26.8 Å². The average Bonchev–Trinajstić information content (AvgIpc) is 2.13. The van der Waals surface area contributed by atoms with Crippen LogP contribution in [0.25, 0.3) is 0 Å². The van der Waals surface area contributed by atoms with E-state index in [1.165, 1.54) is 0 Å². The fourth-order valence-corrected chi connectivity index (χ4v) is 0.737. The first kappa shape index (κ1) is 7.12. The third-order valence-electron chi connectivity index (χ3n) is 1.42. The minimum Gasteiger partial charge on any atom is -0.504 e. The highest BCUT2D eigenvalue weighted by atomic mass is 16.3. The lowest BCUT2D eigenvalue weighted by atomic mass is 10.4. The molecule has 0 unspecified atom stereocenters. The van der Waals surface area contributed by atoms with Crippen LogP contribution in [0.1, 0.15) is 25.6 Å². The van der Waals surface area contributed by atoms with Crippen molar-refractivity contribution in [3.8, 4) is 5.75 Å². The van der Waals surface area contributed by atoms with Crippen molar-refractivity contribution in [3.05, 3.63) is 11.9 Å². The van der Waals surface area contributed by atoms with Gasteiger partial charge in [0.15, 0.2) is 5.75 Å². The molecule has 0 aliphatic rings. The molecule has 0 aromatic carbocycles. The van der Waals surface area contributed by atoms with Crippen LogP contribution in [0, 0.1) is 6.92 Å². The lowest BCUT2D eigenvalue weighted by Crippen LogP contribution is -2.00. The summed E-state index contributed by atoms with van der Waals surface area (Å²) in [4.78, 5) is 0. The third kappa shape index (κ3) is 1.12. The second kappa shape index (κ2) is 2.33. The Bertz CT molecular complexity index is 208. The van der Waals surface area contributed by atoms with Gasteiger partial charge in [-0.05, 0) is 20.8 Å². The van der Waals surface area contributed by atoms with E-state index in [1.54, 1.807) is 17.8 Å². The highest BCUT2D eigenvalue weighted by Gasteiger charge is 2.03. The van der Waals surface area contributed by atoms with Crippen LogP contribution in [0.3, 0.4) is 0 Å². The van der Waals surface area contributed by atoms with E-state index in [-0.39, 0.29) is 5.75 Å². The van der Waals surface area contributed by atoms with E-state index >= 15 is 0 Å². The molecule has 0 fully saturated rings. The van der Waals surface area contributed by atoms with Gasteiger partial charge in [0.25, 0.3) is 0 Å². The van der Waals surface area contributed by atoms with Crippen LogP contribution < -0.4 is 0 Å². The summed E-state index contributed by atoms with van der Waals surface area (Å²) < 4.78 is 1.74. The third-order valence-corrected chi connectivity index (χ3v) is 1.42. The molecule has 10 heavy (non-hydrogen) atoms. The molecule has 1 heterocycles. The van der Waals surface area contributed by atoms with Crippen LogP contribution in [-0.4, -0.2) is 14.9 Å². The van der Waals surface area contributed by atoms with Crippen LogP contribution >= 0.6 is 0 Å². The van der Waals surface area contributed by atoms with Crippen molar-refractivity contribution in [3.63, 3.8) is 0 Å². The Kier molecular flexibility index (Phi) is 1.66. The Balaban J connectivity index is 2.98. The zero-order valence-corrected chi connectivity index (χ0v) is 6.50. The molecule has 56 valence electrons. The number of aryl methyl sites for hydroxylation is 1. The molecule has 0 saturated carbocycles. The molecule has 0 saturated heterocycles. The normalized spacial score (nSPS) is 10.8. The van der Waals surface area contributed by atoms with Gasteiger partial charge >= 0.3 is 0 Å². The fourth-order valence-electron chi connectivity index (χ4n) is 0.737. The molecule has 0 atom stereocenters. The van der Waals surface area contributed by atoms with Gasteiger partial charge in [0.05, 0.1) is 6.20 Å². The van der Waals surface area contributed by atoms with Crippen LogP contribution in [0.15, 0.2) is 6.20 Å². The van der Waals surface area contributed by atoms with Crippen molar-refractivity contribution >= 4 is 0 Å². The SMILES string of the molecule is Cc1nn(C(C)C)cc1O. The molecule has 3 nitrogen and oxygen atoms in total. The van der Waals surface area contributed by atoms with Gasteiger partial charge in [-0.2, -0.15) is 5.10 Å². The van der Waals surface area contributed by atoms with E-state index in [4.69, 9.17) is 5.11 Å². The lowest BCUT2D eigenvalue weighted by molar-refractivity contribution is 0.467. The van der Waals surface area contributed by atoms with Crippen molar-refractivity contribution in [2.75, 3.05) is 0 Å². The monoisotopic (exact) mass is 140 g/mol. The first-order valence-corrected chi connectivity index (χ1v) is 3.36. The number of aromatic nitrogens is 2. The van der Waals surface area contributed by atoms with Gasteiger partial charge < -0.3 is 5.11 Å². The average molecular weight is 140 g/mol.